The maximum absolute atomic E-state index is 10.4. The summed E-state index contributed by atoms with van der Waals surface area (Å²) in [6.45, 7) is 1.52. The summed E-state index contributed by atoms with van der Waals surface area (Å²) < 4.78 is 0. The molecule has 0 aromatic rings. The summed E-state index contributed by atoms with van der Waals surface area (Å²) in [4.78, 5) is 22.8. The Hall–Kier alpha value is -1.48. The van der Waals surface area contributed by atoms with Gasteiger partial charge in [-0.2, -0.15) is 4.79 Å². The van der Waals surface area contributed by atoms with Gasteiger partial charge in [0.2, 0.25) is 0 Å². The Labute approximate surface area is 56.9 Å². The standard InChI is InChI=1S/C5H6N2O3/c1-2-3(7-6)4(8)5(9)10/h2H2,1H3,(H,9,10). The zero-order chi connectivity index (χ0) is 8.15. The van der Waals surface area contributed by atoms with E-state index in [4.69, 9.17) is 10.6 Å². The first kappa shape index (κ1) is 8.52. The van der Waals surface area contributed by atoms with Crippen LogP contribution in [0.1, 0.15) is 13.3 Å². The minimum Gasteiger partial charge on any atom is -0.475 e. The van der Waals surface area contributed by atoms with Crippen molar-refractivity contribution in [2.24, 2.45) is 0 Å². The molecule has 0 bridgehead atoms. The van der Waals surface area contributed by atoms with Crippen molar-refractivity contribution in [1.29, 1.82) is 0 Å². The van der Waals surface area contributed by atoms with E-state index in [1.54, 1.807) is 0 Å². The zero-order valence-electron chi connectivity index (χ0n) is 5.37. The molecule has 54 valence electrons. The first-order valence-electron chi connectivity index (χ1n) is 2.62. The van der Waals surface area contributed by atoms with Crippen LogP contribution in [0.4, 0.5) is 0 Å². The highest BCUT2D eigenvalue weighted by Crippen LogP contribution is 1.82. The third-order valence-electron chi connectivity index (χ3n) is 0.912. The summed E-state index contributed by atoms with van der Waals surface area (Å²) >= 11 is 0. The van der Waals surface area contributed by atoms with Gasteiger partial charge in [-0.3, -0.25) is 4.79 Å². The fourth-order valence-electron chi connectivity index (χ4n) is 0.400. The van der Waals surface area contributed by atoms with Crippen LogP contribution in [0.5, 0.6) is 0 Å². The number of carboxylic acids is 1. The number of Topliss-reactive ketones (excluding diaryl/α,β-unsaturated/α-hetero) is 1. The van der Waals surface area contributed by atoms with E-state index in [9.17, 15) is 9.59 Å². The van der Waals surface area contributed by atoms with Crippen molar-refractivity contribution in [3.63, 3.8) is 0 Å². The predicted molar refractivity (Wildman–Crippen MR) is 31.6 cm³/mol. The van der Waals surface area contributed by atoms with Crippen molar-refractivity contribution >= 4 is 17.5 Å². The quantitative estimate of drug-likeness (QED) is 0.254. The molecule has 0 aromatic heterocycles. The molecule has 0 aromatic carbocycles. The van der Waals surface area contributed by atoms with Crippen LogP contribution in [-0.2, 0) is 9.59 Å². The number of carbonyl (C=O) groups is 2. The smallest absolute Gasteiger partial charge is 0.384 e. The van der Waals surface area contributed by atoms with Crippen molar-refractivity contribution < 1.29 is 19.5 Å². The van der Waals surface area contributed by atoms with Gasteiger partial charge in [-0.05, 0) is 0 Å². The Bertz CT molecular complexity index is 215. The second-order valence-corrected chi connectivity index (χ2v) is 1.53. The molecular weight excluding hydrogens is 136 g/mol. The van der Waals surface area contributed by atoms with E-state index in [2.05, 4.69) is 4.79 Å². The molecule has 0 aliphatic rings. The van der Waals surface area contributed by atoms with Gasteiger partial charge in [-0.15, -0.1) is 0 Å². The number of carbonyl (C=O) groups excluding carboxylic acids is 1. The van der Waals surface area contributed by atoms with E-state index in [-0.39, 0.29) is 12.1 Å². The highest BCUT2D eigenvalue weighted by Gasteiger charge is 2.24. The third-order valence-corrected chi connectivity index (χ3v) is 0.912. The molecule has 0 atom stereocenters. The minimum atomic E-state index is -1.60. The van der Waals surface area contributed by atoms with Gasteiger partial charge in [0.1, 0.15) is 0 Å². The SMILES string of the molecule is CCC(=[N+]=[N-])C(=O)C(=O)O. The summed E-state index contributed by atoms with van der Waals surface area (Å²) in [5.41, 5.74) is 7.71. The topological polar surface area (TPSA) is 90.8 Å². The molecule has 0 spiro atoms. The number of rotatable bonds is 3. The van der Waals surface area contributed by atoms with Gasteiger partial charge in [0, 0.05) is 0 Å². The van der Waals surface area contributed by atoms with E-state index >= 15 is 0 Å². The van der Waals surface area contributed by atoms with Gasteiger partial charge in [0.05, 0.1) is 6.42 Å². The van der Waals surface area contributed by atoms with Gasteiger partial charge in [-0.1, -0.05) is 6.92 Å². The second-order valence-electron chi connectivity index (χ2n) is 1.53. The van der Waals surface area contributed by atoms with Crippen LogP contribution in [-0.4, -0.2) is 27.4 Å². The first-order chi connectivity index (χ1) is 4.63. The maximum atomic E-state index is 10.4. The van der Waals surface area contributed by atoms with Crippen LogP contribution in [0, 0.1) is 0 Å². The number of hydrogen-bond donors (Lipinski definition) is 1. The summed E-state index contributed by atoms with van der Waals surface area (Å²) in [6.07, 6.45) is 0.113. The molecule has 5 nitrogen and oxygen atoms in total. The molecule has 0 saturated heterocycles. The lowest BCUT2D eigenvalue weighted by Crippen LogP contribution is -2.23. The van der Waals surface area contributed by atoms with Crippen molar-refractivity contribution in [3.8, 4) is 0 Å². The Balaban J connectivity index is 4.49. The highest BCUT2D eigenvalue weighted by molar-refractivity contribution is 6.61. The molecule has 5 heteroatoms. The van der Waals surface area contributed by atoms with E-state index in [1.165, 1.54) is 6.92 Å². The molecule has 0 rings (SSSR count). The molecule has 0 amide bonds. The largest absolute Gasteiger partial charge is 0.475 e. The monoisotopic (exact) mass is 142 g/mol. The molecule has 0 saturated carbocycles. The lowest BCUT2D eigenvalue weighted by atomic mass is 10.2. The number of nitrogens with zero attached hydrogens (tertiary/aromatic N) is 2. The van der Waals surface area contributed by atoms with Gasteiger partial charge in [0.25, 0.3) is 0 Å². The van der Waals surface area contributed by atoms with Crippen LogP contribution in [0.3, 0.4) is 0 Å². The molecule has 0 unspecified atom stereocenters. The Morgan fingerprint density at radius 1 is 1.60 bits per heavy atom. The number of ketones is 1. The van der Waals surface area contributed by atoms with E-state index < -0.39 is 11.8 Å². The van der Waals surface area contributed by atoms with E-state index in [0.29, 0.717) is 0 Å². The lowest BCUT2D eigenvalue weighted by molar-refractivity contribution is -0.147. The van der Waals surface area contributed by atoms with E-state index in [1.807, 2.05) is 0 Å². The lowest BCUT2D eigenvalue weighted by Gasteiger charge is -1.82. The van der Waals surface area contributed by atoms with Gasteiger partial charge < -0.3 is 10.6 Å². The Morgan fingerprint density at radius 3 is 2.20 bits per heavy atom. The Morgan fingerprint density at radius 2 is 2.10 bits per heavy atom. The van der Waals surface area contributed by atoms with Crippen molar-refractivity contribution in [2.45, 2.75) is 13.3 Å². The van der Waals surface area contributed by atoms with Gasteiger partial charge >= 0.3 is 17.5 Å². The zero-order valence-corrected chi connectivity index (χ0v) is 5.37. The number of aliphatic carboxylic acids is 1. The number of hydrogen-bond acceptors (Lipinski definition) is 2. The first-order valence-corrected chi connectivity index (χ1v) is 2.62. The summed E-state index contributed by atoms with van der Waals surface area (Å²) in [6, 6.07) is 0. The highest BCUT2D eigenvalue weighted by atomic mass is 16.4. The minimum absolute atomic E-state index is 0.113. The molecule has 0 aliphatic carbocycles. The average Bonchev–Trinajstić information content (AvgIpc) is 1.90. The summed E-state index contributed by atoms with van der Waals surface area (Å²) in [5.74, 6) is -2.76. The molecule has 0 aliphatic heterocycles. The predicted octanol–water partition coefficient (Wildman–Crippen LogP) is -0.279. The van der Waals surface area contributed by atoms with Crippen LogP contribution >= 0.6 is 0 Å². The summed E-state index contributed by atoms with van der Waals surface area (Å²) in [5, 5.41) is 8.07. The molecule has 0 heterocycles. The second kappa shape index (κ2) is 3.53. The van der Waals surface area contributed by atoms with Gasteiger partial charge in [-0.25, -0.2) is 4.79 Å². The van der Waals surface area contributed by atoms with Crippen LogP contribution in [0.25, 0.3) is 5.53 Å². The van der Waals surface area contributed by atoms with Crippen molar-refractivity contribution in [1.82, 2.24) is 0 Å². The molecule has 0 radical (unpaired) electrons. The van der Waals surface area contributed by atoms with Crippen LogP contribution < -0.4 is 0 Å². The van der Waals surface area contributed by atoms with Crippen molar-refractivity contribution in [3.05, 3.63) is 5.53 Å². The molecule has 10 heavy (non-hydrogen) atoms. The molecule has 0 fully saturated rings. The average molecular weight is 142 g/mol. The fourth-order valence-corrected chi connectivity index (χ4v) is 0.400. The number of carboxylic acid groups (broad SMARTS) is 1. The Kier molecular flexibility index (Phi) is 3.01. The van der Waals surface area contributed by atoms with Crippen molar-refractivity contribution in [2.75, 3.05) is 0 Å². The normalized spacial score (nSPS) is 8.10. The van der Waals surface area contributed by atoms with E-state index in [0.717, 1.165) is 0 Å². The third kappa shape index (κ3) is 1.80. The molecule has 1 N–H and O–H groups in total. The van der Waals surface area contributed by atoms with Crippen LogP contribution in [0.15, 0.2) is 0 Å². The molecular formula is C5H6N2O3. The fraction of sp³-hybridized carbons (Fsp3) is 0.400. The maximum Gasteiger partial charge on any atom is 0.384 e. The van der Waals surface area contributed by atoms with Gasteiger partial charge in [0.15, 0.2) is 0 Å². The van der Waals surface area contributed by atoms with Crippen LogP contribution in [0.2, 0.25) is 0 Å². The summed E-state index contributed by atoms with van der Waals surface area (Å²) in [7, 11) is 0.